The largest absolute Gasteiger partial charge is 0.478 e. The number of hydrogen-bond donors (Lipinski definition) is 2. The molecule has 0 bridgehead atoms. The van der Waals surface area contributed by atoms with E-state index in [0.717, 1.165) is 11.1 Å². The van der Waals surface area contributed by atoms with E-state index in [4.69, 9.17) is 9.15 Å². The molecule has 2 aromatic carbocycles. The average Bonchev–Trinajstić information content (AvgIpc) is 2.79. The molecule has 8 nitrogen and oxygen atoms in total. The lowest BCUT2D eigenvalue weighted by molar-refractivity contribution is 0.0698. The van der Waals surface area contributed by atoms with Crippen molar-refractivity contribution in [2.75, 3.05) is 12.4 Å². The molecule has 32 heavy (non-hydrogen) atoms. The minimum Gasteiger partial charge on any atom is -0.478 e. The summed E-state index contributed by atoms with van der Waals surface area (Å²) < 4.78 is 11.1. The number of nitrogens with one attached hydrogen (secondary N) is 1. The highest BCUT2D eigenvalue weighted by Gasteiger charge is 2.18. The van der Waals surface area contributed by atoms with Gasteiger partial charge in [-0.1, -0.05) is 18.2 Å². The summed E-state index contributed by atoms with van der Waals surface area (Å²) in [5, 5.41) is 13.2. The highest BCUT2D eigenvalue weighted by Crippen LogP contribution is 2.31. The Bertz CT molecular complexity index is 1360. The van der Waals surface area contributed by atoms with Crippen LogP contribution in [0.15, 0.2) is 64.1 Å². The molecule has 0 spiro atoms. The van der Waals surface area contributed by atoms with Crippen molar-refractivity contribution in [1.29, 1.82) is 0 Å². The fraction of sp³-hybridized carbons (Fsp3) is 0.167. The summed E-state index contributed by atoms with van der Waals surface area (Å²) in [6, 6.07) is 11.6. The molecule has 2 heterocycles. The molecule has 2 aromatic heterocycles. The second-order valence-electron chi connectivity index (χ2n) is 7.38. The van der Waals surface area contributed by atoms with Crippen molar-refractivity contribution in [3.05, 3.63) is 81.8 Å². The first-order valence-electron chi connectivity index (χ1n) is 9.91. The first kappa shape index (κ1) is 21.0. The molecule has 2 N–H and O–H groups in total. The van der Waals surface area contributed by atoms with E-state index in [1.54, 1.807) is 24.3 Å². The predicted molar refractivity (Wildman–Crippen MR) is 120 cm³/mol. The molecule has 0 radical (unpaired) electrons. The molecule has 8 heteroatoms. The van der Waals surface area contributed by atoms with Crippen LogP contribution in [0.2, 0.25) is 0 Å². The van der Waals surface area contributed by atoms with Crippen LogP contribution >= 0.6 is 0 Å². The Balaban J connectivity index is 1.82. The van der Waals surface area contributed by atoms with E-state index in [1.807, 2.05) is 19.9 Å². The maximum Gasteiger partial charge on any atom is 0.337 e. The number of hydrogen-bond acceptors (Lipinski definition) is 7. The Morgan fingerprint density at radius 3 is 2.56 bits per heavy atom. The van der Waals surface area contributed by atoms with Crippen LogP contribution in [0.1, 0.15) is 34.5 Å². The third-order valence-electron chi connectivity index (χ3n) is 5.09. The van der Waals surface area contributed by atoms with E-state index >= 15 is 0 Å². The van der Waals surface area contributed by atoms with Crippen molar-refractivity contribution in [2.24, 2.45) is 0 Å². The molecule has 1 unspecified atom stereocenters. The Hall–Kier alpha value is -4.20. The number of rotatable bonds is 6. The van der Waals surface area contributed by atoms with Gasteiger partial charge in [-0.25, -0.2) is 14.8 Å². The van der Waals surface area contributed by atoms with Crippen LogP contribution < -0.4 is 15.5 Å². The number of ether oxygens (including phenoxy) is 1. The first-order valence-corrected chi connectivity index (χ1v) is 9.91. The van der Waals surface area contributed by atoms with Gasteiger partial charge in [-0.15, -0.1) is 0 Å². The van der Waals surface area contributed by atoms with Crippen molar-refractivity contribution >= 4 is 22.6 Å². The lowest BCUT2D eigenvalue weighted by Crippen LogP contribution is -2.12. The quantitative estimate of drug-likeness (QED) is 0.461. The third-order valence-corrected chi connectivity index (χ3v) is 5.09. The molecule has 0 aliphatic rings. The van der Waals surface area contributed by atoms with Gasteiger partial charge in [0.25, 0.3) is 0 Å². The van der Waals surface area contributed by atoms with Crippen LogP contribution in [0, 0.1) is 6.92 Å². The number of para-hydroxylation sites is 1. The molecule has 4 aromatic rings. The topological polar surface area (TPSA) is 115 Å². The van der Waals surface area contributed by atoms with Gasteiger partial charge >= 0.3 is 12.0 Å². The number of aryl methyl sites for hydroxylation is 1. The van der Waals surface area contributed by atoms with Crippen LogP contribution in [0.5, 0.6) is 6.01 Å². The summed E-state index contributed by atoms with van der Waals surface area (Å²) in [6.45, 7) is 3.78. The van der Waals surface area contributed by atoms with Gasteiger partial charge < -0.3 is 19.6 Å². The lowest BCUT2D eigenvalue weighted by Gasteiger charge is -2.19. The summed E-state index contributed by atoms with van der Waals surface area (Å²) in [5.41, 5.74) is 3.02. The van der Waals surface area contributed by atoms with Crippen LogP contribution in [0.25, 0.3) is 22.3 Å². The van der Waals surface area contributed by atoms with Gasteiger partial charge in [0.1, 0.15) is 11.3 Å². The lowest BCUT2D eigenvalue weighted by atomic mass is 10.0. The molecule has 0 saturated heterocycles. The Morgan fingerprint density at radius 1 is 1.16 bits per heavy atom. The highest BCUT2D eigenvalue weighted by molar-refractivity contribution is 5.94. The summed E-state index contributed by atoms with van der Waals surface area (Å²) in [4.78, 5) is 32.6. The van der Waals surface area contributed by atoms with Gasteiger partial charge in [0.2, 0.25) is 0 Å². The van der Waals surface area contributed by atoms with Gasteiger partial charge in [0, 0.05) is 29.7 Å². The monoisotopic (exact) mass is 431 g/mol. The van der Waals surface area contributed by atoms with Crippen molar-refractivity contribution in [2.45, 2.75) is 19.9 Å². The second kappa shape index (κ2) is 8.50. The van der Waals surface area contributed by atoms with Crippen LogP contribution in [-0.2, 0) is 0 Å². The standard InChI is InChI=1S/C24H21N3O5/c1-13-8-17(14(2)27-19-7-5-4-6-16(19)23(29)30)22-18(9-13)20(28)10-21(32-22)15-11-25-24(31-3)26-12-15/h4-12,14,27H,1-3H3,(H,29,30). The van der Waals surface area contributed by atoms with E-state index in [-0.39, 0.29) is 23.0 Å². The second-order valence-corrected chi connectivity index (χ2v) is 7.38. The summed E-state index contributed by atoms with van der Waals surface area (Å²) in [7, 11) is 1.47. The van der Waals surface area contributed by atoms with Crippen molar-refractivity contribution in [3.63, 3.8) is 0 Å². The van der Waals surface area contributed by atoms with E-state index in [1.165, 1.54) is 31.6 Å². The fourth-order valence-electron chi connectivity index (χ4n) is 3.55. The van der Waals surface area contributed by atoms with Crippen molar-refractivity contribution in [3.8, 4) is 17.3 Å². The summed E-state index contributed by atoms with van der Waals surface area (Å²) in [5.74, 6) is -0.698. The molecule has 0 amide bonds. The average molecular weight is 431 g/mol. The smallest absolute Gasteiger partial charge is 0.337 e. The van der Waals surface area contributed by atoms with Gasteiger partial charge in [-0.2, -0.15) is 0 Å². The number of fused-ring (bicyclic) bond motifs is 1. The zero-order valence-corrected chi connectivity index (χ0v) is 17.7. The van der Waals surface area contributed by atoms with E-state index < -0.39 is 5.97 Å². The molecule has 4 rings (SSSR count). The fourth-order valence-corrected chi connectivity index (χ4v) is 3.55. The Labute approximate surface area is 183 Å². The molecular formula is C24H21N3O5. The molecule has 0 saturated carbocycles. The minimum atomic E-state index is -1.03. The molecule has 162 valence electrons. The van der Waals surface area contributed by atoms with Crippen molar-refractivity contribution < 1.29 is 19.1 Å². The van der Waals surface area contributed by atoms with Gasteiger partial charge in [-0.3, -0.25) is 4.79 Å². The Morgan fingerprint density at radius 2 is 1.88 bits per heavy atom. The van der Waals surface area contributed by atoms with E-state index in [2.05, 4.69) is 15.3 Å². The molecule has 0 aliphatic carbocycles. The van der Waals surface area contributed by atoms with E-state index in [0.29, 0.717) is 28.0 Å². The SMILES string of the molecule is COc1ncc(-c2cc(=O)c3cc(C)cc(C(C)Nc4ccccc4C(=O)O)c3o2)cn1. The number of benzene rings is 2. The zero-order valence-electron chi connectivity index (χ0n) is 17.7. The minimum absolute atomic E-state index is 0.161. The normalized spacial score (nSPS) is 11.8. The van der Waals surface area contributed by atoms with Crippen LogP contribution in [-0.4, -0.2) is 28.2 Å². The number of aromatic nitrogens is 2. The number of carbonyl (C=O) groups is 1. The van der Waals surface area contributed by atoms with E-state index in [9.17, 15) is 14.7 Å². The number of carboxylic acid groups (broad SMARTS) is 1. The number of carboxylic acids is 1. The summed E-state index contributed by atoms with van der Waals surface area (Å²) >= 11 is 0. The van der Waals surface area contributed by atoms with Gasteiger partial charge in [0.05, 0.1) is 29.7 Å². The van der Waals surface area contributed by atoms with Crippen molar-refractivity contribution in [1.82, 2.24) is 9.97 Å². The Kier molecular flexibility index (Phi) is 5.59. The molecule has 1 atom stereocenters. The van der Waals surface area contributed by atoms with Crippen LogP contribution in [0.4, 0.5) is 5.69 Å². The first-order chi connectivity index (χ1) is 15.4. The maximum absolute atomic E-state index is 12.9. The predicted octanol–water partition coefficient (Wildman–Crippen LogP) is 4.44. The number of aromatic carboxylic acids is 1. The maximum atomic E-state index is 12.9. The van der Waals surface area contributed by atoms with Gasteiger partial charge in [0.15, 0.2) is 5.43 Å². The zero-order chi connectivity index (χ0) is 22.8. The highest BCUT2D eigenvalue weighted by atomic mass is 16.5. The third kappa shape index (κ3) is 4.02. The van der Waals surface area contributed by atoms with Gasteiger partial charge in [-0.05, 0) is 37.6 Å². The number of anilines is 1. The molecular weight excluding hydrogens is 410 g/mol. The molecule has 0 fully saturated rings. The number of nitrogens with zero attached hydrogens (tertiary/aromatic N) is 2. The van der Waals surface area contributed by atoms with Crippen LogP contribution in [0.3, 0.4) is 0 Å². The number of methoxy groups -OCH3 is 1. The molecule has 0 aliphatic heterocycles. The summed E-state index contributed by atoms with van der Waals surface area (Å²) in [6.07, 6.45) is 3.04.